The summed E-state index contributed by atoms with van der Waals surface area (Å²) in [6, 6.07) is 0. The smallest absolute Gasteiger partial charge is 0.366 e. The lowest BCUT2D eigenvalue weighted by molar-refractivity contribution is -0.178. The van der Waals surface area contributed by atoms with Gasteiger partial charge in [0.25, 0.3) is 12.2 Å². The van der Waals surface area contributed by atoms with Crippen LogP contribution in [0.5, 0.6) is 0 Å². The molecule has 0 bridgehead atoms. The summed E-state index contributed by atoms with van der Waals surface area (Å²) < 4.78 is 10.1. The molecule has 0 aliphatic carbocycles. The third-order valence-corrected chi connectivity index (χ3v) is 4.67. The number of hydrogen-bond donors (Lipinski definition) is 2. The van der Waals surface area contributed by atoms with Crippen molar-refractivity contribution in [1.82, 2.24) is 10.6 Å². The Morgan fingerprint density at radius 2 is 1.46 bits per heavy atom. The van der Waals surface area contributed by atoms with Gasteiger partial charge < -0.3 is 14.8 Å². The van der Waals surface area contributed by atoms with Crippen LogP contribution in [-0.4, -0.2) is 37.3 Å². The molecule has 1 atom stereocenters. The molecule has 1 heterocycles. The van der Waals surface area contributed by atoms with Crippen molar-refractivity contribution >= 4 is 18.3 Å². The number of ether oxygens (including phenoxy) is 2. The van der Waals surface area contributed by atoms with Gasteiger partial charge in [0, 0.05) is 13.3 Å². The van der Waals surface area contributed by atoms with Gasteiger partial charge in [-0.05, 0) is 12.8 Å². The van der Waals surface area contributed by atoms with Gasteiger partial charge in [-0.15, -0.1) is 0 Å². The van der Waals surface area contributed by atoms with Crippen LogP contribution in [0.1, 0.15) is 84.0 Å². The Hall–Kier alpha value is -1.63. The lowest BCUT2D eigenvalue weighted by atomic mass is 10.1. The van der Waals surface area contributed by atoms with Crippen molar-refractivity contribution in [2.24, 2.45) is 0 Å². The normalized spacial score (nSPS) is 26.2. The summed E-state index contributed by atoms with van der Waals surface area (Å²) in [5.74, 6) is -0.748. The Bertz CT molecular complexity index is 430. The van der Waals surface area contributed by atoms with E-state index in [1.54, 1.807) is 0 Å². The lowest BCUT2D eigenvalue weighted by Gasteiger charge is -2.26. The summed E-state index contributed by atoms with van der Waals surface area (Å²) in [4.78, 5) is 34.8. The van der Waals surface area contributed by atoms with Crippen LogP contribution in [0.25, 0.3) is 0 Å². The van der Waals surface area contributed by atoms with E-state index in [-0.39, 0.29) is 19.0 Å². The summed E-state index contributed by atoms with van der Waals surface area (Å²) in [6.45, 7) is 1.94. The van der Waals surface area contributed by atoms with Gasteiger partial charge in [-0.1, -0.05) is 57.8 Å². The van der Waals surface area contributed by atoms with Crippen molar-refractivity contribution in [3.05, 3.63) is 0 Å². The Labute approximate surface area is 156 Å². The number of rotatable bonds is 2. The van der Waals surface area contributed by atoms with Crippen LogP contribution in [0.2, 0.25) is 0 Å². The first-order chi connectivity index (χ1) is 12.6. The molecular formula is C19H34N2O5. The Balaban J connectivity index is 2.50. The second kappa shape index (κ2) is 13.6. The summed E-state index contributed by atoms with van der Waals surface area (Å²) in [7, 11) is 0. The first-order valence-electron chi connectivity index (χ1n) is 9.89. The van der Waals surface area contributed by atoms with Crippen LogP contribution in [0.4, 0.5) is 0 Å². The van der Waals surface area contributed by atoms with Gasteiger partial charge in [-0.25, -0.2) is 4.79 Å². The third-order valence-electron chi connectivity index (χ3n) is 4.67. The van der Waals surface area contributed by atoms with Gasteiger partial charge in [-0.2, -0.15) is 0 Å². The van der Waals surface area contributed by atoms with Crippen molar-refractivity contribution in [3.63, 3.8) is 0 Å². The summed E-state index contributed by atoms with van der Waals surface area (Å²) in [6.07, 6.45) is 12.7. The predicted molar refractivity (Wildman–Crippen MR) is 98.1 cm³/mol. The van der Waals surface area contributed by atoms with Crippen molar-refractivity contribution in [2.45, 2.75) is 89.7 Å². The van der Waals surface area contributed by atoms with Gasteiger partial charge in [-0.3, -0.25) is 14.9 Å². The average Bonchev–Trinajstić information content (AvgIpc) is 2.61. The SMILES string of the molecule is CC1(OC=O)NCNC(=O)CCCCCCCCCCCCCOC1=O. The number of esters is 1. The molecule has 0 aromatic rings. The Morgan fingerprint density at radius 3 is 2.04 bits per heavy atom. The van der Waals surface area contributed by atoms with Crippen LogP contribution >= 0.6 is 0 Å². The highest BCUT2D eigenvalue weighted by Crippen LogP contribution is 2.13. The van der Waals surface area contributed by atoms with Gasteiger partial charge in [0.05, 0.1) is 13.3 Å². The van der Waals surface area contributed by atoms with Crippen LogP contribution in [0.15, 0.2) is 0 Å². The van der Waals surface area contributed by atoms with E-state index in [1.807, 2.05) is 0 Å². The molecule has 150 valence electrons. The van der Waals surface area contributed by atoms with Crippen molar-refractivity contribution in [2.75, 3.05) is 13.3 Å². The second-order valence-corrected chi connectivity index (χ2v) is 6.98. The maximum absolute atomic E-state index is 12.2. The van der Waals surface area contributed by atoms with Crippen LogP contribution in [-0.2, 0) is 23.9 Å². The summed E-state index contributed by atoms with van der Waals surface area (Å²) in [5.41, 5.74) is -1.60. The van der Waals surface area contributed by atoms with E-state index in [0.29, 0.717) is 13.0 Å². The molecule has 1 fully saturated rings. The number of carbonyl (C=O) groups is 3. The molecule has 1 aliphatic heterocycles. The standard InChI is InChI=1S/C19H34N2O5/c1-19(26-16-22)18(24)25-14-12-10-8-6-4-2-3-5-7-9-11-13-17(23)20-15-21-19/h16,21H,2-15H2,1H3,(H,20,23). The minimum absolute atomic E-state index is 0.0261. The zero-order valence-electron chi connectivity index (χ0n) is 16.0. The maximum Gasteiger partial charge on any atom is 0.366 e. The summed E-state index contributed by atoms with van der Waals surface area (Å²) >= 11 is 0. The fourth-order valence-corrected chi connectivity index (χ4v) is 2.94. The largest absolute Gasteiger partial charge is 0.462 e. The Morgan fingerprint density at radius 1 is 0.923 bits per heavy atom. The first kappa shape index (κ1) is 22.4. The van der Waals surface area contributed by atoms with Gasteiger partial charge in [0.2, 0.25) is 5.91 Å². The minimum atomic E-state index is -1.60. The molecule has 26 heavy (non-hydrogen) atoms. The summed E-state index contributed by atoms with van der Waals surface area (Å²) in [5, 5.41) is 5.43. The predicted octanol–water partition coefficient (Wildman–Crippen LogP) is 2.78. The molecule has 7 heteroatoms. The highest BCUT2D eigenvalue weighted by Gasteiger charge is 2.36. The molecule has 1 amide bonds. The molecule has 0 aromatic carbocycles. The molecule has 0 radical (unpaired) electrons. The maximum atomic E-state index is 12.2. The van der Waals surface area contributed by atoms with Crippen molar-refractivity contribution in [1.29, 1.82) is 0 Å². The topological polar surface area (TPSA) is 93.7 Å². The van der Waals surface area contributed by atoms with E-state index in [0.717, 1.165) is 32.1 Å². The van der Waals surface area contributed by atoms with Gasteiger partial charge >= 0.3 is 5.97 Å². The van der Waals surface area contributed by atoms with E-state index in [2.05, 4.69) is 10.6 Å². The fraction of sp³-hybridized carbons (Fsp3) is 0.842. The fourth-order valence-electron chi connectivity index (χ4n) is 2.94. The highest BCUT2D eigenvalue weighted by molar-refractivity contribution is 5.80. The third kappa shape index (κ3) is 9.75. The van der Waals surface area contributed by atoms with E-state index in [1.165, 1.54) is 45.4 Å². The molecule has 1 rings (SSSR count). The van der Waals surface area contributed by atoms with E-state index >= 15 is 0 Å². The van der Waals surface area contributed by atoms with E-state index in [9.17, 15) is 14.4 Å². The zero-order chi connectivity index (χ0) is 19.1. The van der Waals surface area contributed by atoms with Crippen LogP contribution < -0.4 is 10.6 Å². The van der Waals surface area contributed by atoms with Crippen molar-refractivity contribution in [3.8, 4) is 0 Å². The number of nitrogens with one attached hydrogen (secondary N) is 2. The monoisotopic (exact) mass is 370 g/mol. The number of carbonyl (C=O) groups excluding carboxylic acids is 3. The Kier molecular flexibility index (Phi) is 11.7. The van der Waals surface area contributed by atoms with Crippen LogP contribution in [0, 0.1) is 0 Å². The van der Waals surface area contributed by atoms with Gasteiger partial charge in [0.1, 0.15) is 0 Å². The quantitative estimate of drug-likeness (QED) is 0.573. The highest BCUT2D eigenvalue weighted by atomic mass is 16.6. The first-order valence-corrected chi connectivity index (χ1v) is 9.89. The van der Waals surface area contributed by atoms with E-state index in [4.69, 9.17) is 9.47 Å². The molecule has 0 aromatic heterocycles. The molecule has 7 nitrogen and oxygen atoms in total. The molecule has 2 N–H and O–H groups in total. The average molecular weight is 370 g/mol. The molecule has 1 saturated heterocycles. The number of amides is 1. The van der Waals surface area contributed by atoms with Crippen molar-refractivity contribution < 1.29 is 23.9 Å². The zero-order valence-corrected chi connectivity index (χ0v) is 16.0. The molecular weight excluding hydrogens is 336 g/mol. The van der Waals surface area contributed by atoms with Gasteiger partial charge in [0.15, 0.2) is 0 Å². The number of hydrogen-bond acceptors (Lipinski definition) is 6. The molecule has 1 aliphatic rings. The minimum Gasteiger partial charge on any atom is -0.462 e. The molecule has 1 unspecified atom stereocenters. The van der Waals surface area contributed by atoms with Crippen LogP contribution in [0.3, 0.4) is 0 Å². The second-order valence-electron chi connectivity index (χ2n) is 6.98. The molecule has 0 spiro atoms. The van der Waals surface area contributed by atoms with E-state index < -0.39 is 11.7 Å². The lowest BCUT2D eigenvalue weighted by Crippen LogP contribution is -2.55. The molecule has 0 saturated carbocycles. The number of cyclic esters (lactones) is 1.